The second-order valence-corrected chi connectivity index (χ2v) is 3.16. The van der Waals surface area contributed by atoms with Gasteiger partial charge in [-0.15, -0.1) is 0 Å². The Bertz CT molecular complexity index is 469. The van der Waals surface area contributed by atoms with Crippen molar-refractivity contribution < 1.29 is 4.74 Å². The van der Waals surface area contributed by atoms with Crippen molar-refractivity contribution in [3.63, 3.8) is 0 Å². The number of methoxy groups -OCH3 is 1. The third kappa shape index (κ3) is 1.76. The maximum absolute atomic E-state index is 5.86. The number of aromatic nitrogens is 1. The number of ether oxygens (including phenoxy) is 1. The summed E-state index contributed by atoms with van der Waals surface area (Å²) in [7, 11) is 1.65. The second kappa shape index (κ2) is 4.00. The molecule has 0 aliphatic rings. The van der Waals surface area contributed by atoms with Gasteiger partial charge in [-0.05, 0) is 12.1 Å². The molecular weight excluding hydrogens is 188 g/mol. The van der Waals surface area contributed by atoms with Crippen molar-refractivity contribution >= 4 is 5.69 Å². The minimum atomic E-state index is 0.655. The van der Waals surface area contributed by atoms with Crippen molar-refractivity contribution in [1.82, 2.24) is 4.98 Å². The number of hydrogen-bond donors (Lipinski definition) is 1. The number of nitrogens with zero attached hydrogens (tertiary/aromatic N) is 1. The van der Waals surface area contributed by atoms with Gasteiger partial charge in [-0.3, -0.25) is 4.98 Å². The summed E-state index contributed by atoms with van der Waals surface area (Å²) in [4.78, 5) is 3.96. The summed E-state index contributed by atoms with van der Waals surface area (Å²) in [6, 6.07) is 9.66. The molecule has 0 radical (unpaired) electrons. The highest BCUT2D eigenvalue weighted by Gasteiger charge is 2.06. The SMILES string of the molecule is COc1ccccc1-c1ccncc1N. The Labute approximate surface area is 88.5 Å². The van der Waals surface area contributed by atoms with E-state index < -0.39 is 0 Å². The van der Waals surface area contributed by atoms with E-state index in [1.54, 1.807) is 19.5 Å². The number of hydrogen-bond acceptors (Lipinski definition) is 3. The highest BCUT2D eigenvalue weighted by molar-refractivity contribution is 5.79. The Morgan fingerprint density at radius 3 is 2.67 bits per heavy atom. The van der Waals surface area contributed by atoms with Gasteiger partial charge in [-0.2, -0.15) is 0 Å². The van der Waals surface area contributed by atoms with Gasteiger partial charge < -0.3 is 10.5 Å². The first kappa shape index (κ1) is 9.52. The smallest absolute Gasteiger partial charge is 0.126 e. The molecule has 0 saturated carbocycles. The van der Waals surface area contributed by atoms with Crippen molar-refractivity contribution in [1.29, 1.82) is 0 Å². The van der Waals surface area contributed by atoms with Gasteiger partial charge >= 0.3 is 0 Å². The van der Waals surface area contributed by atoms with Crippen molar-refractivity contribution in [2.24, 2.45) is 0 Å². The summed E-state index contributed by atoms with van der Waals surface area (Å²) in [5, 5.41) is 0. The molecule has 1 aromatic carbocycles. The molecular formula is C12H12N2O. The molecule has 0 amide bonds. The summed E-state index contributed by atoms with van der Waals surface area (Å²) < 4.78 is 5.28. The fourth-order valence-corrected chi connectivity index (χ4v) is 1.52. The van der Waals surface area contributed by atoms with E-state index in [0.717, 1.165) is 16.9 Å². The van der Waals surface area contributed by atoms with Gasteiger partial charge in [-0.1, -0.05) is 18.2 Å². The molecule has 0 unspecified atom stereocenters. The molecule has 3 nitrogen and oxygen atoms in total. The first-order chi connectivity index (χ1) is 7.33. The van der Waals surface area contributed by atoms with Crippen LogP contribution in [0, 0.1) is 0 Å². The van der Waals surface area contributed by atoms with Crippen LogP contribution in [0.25, 0.3) is 11.1 Å². The van der Waals surface area contributed by atoms with Crippen LogP contribution in [0.4, 0.5) is 5.69 Å². The van der Waals surface area contributed by atoms with Crippen LogP contribution >= 0.6 is 0 Å². The Morgan fingerprint density at radius 1 is 1.13 bits per heavy atom. The number of nitrogen functional groups attached to an aromatic ring is 1. The monoisotopic (exact) mass is 200 g/mol. The highest BCUT2D eigenvalue weighted by Crippen LogP contribution is 2.32. The number of benzene rings is 1. The summed E-state index contributed by atoms with van der Waals surface area (Å²) in [6.45, 7) is 0. The zero-order valence-electron chi connectivity index (χ0n) is 8.47. The van der Waals surface area contributed by atoms with Crippen molar-refractivity contribution in [2.75, 3.05) is 12.8 Å². The van der Waals surface area contributed by atoms with Gasteiger partial charge in [-0.25, -0.2) is 0 Å². The molecule has 76 valence electrons. The van der Waals surface area contributed by atoms with E-state index in [4.69, 9.17) is 10.5 Å². The van der Waals surface area contributed by atoms with E-state index in [-0.39, 0.29) is 0 Å². The lowest BCUT2D eigenvalue weighted by molar-refractivity contribution is 0.416. The van der Waals surface area contributed by atoms with E-state index in [1.165, 1.54) is 0 Å². The van der Waals surface area contributed by atoms with Crippen LogP contribution in [0.1, 0.15) is 0 Å². The topological polar surface area (TPSA) is 48.1 Å². The Kier molecular flexibility index (Phi) is 2.54. The zero-order valence-corrected chi connectivity index (χ0v) is 8.47. The van der Waals surface area contributed by atoms with Crippen LogP contribution in [0.3, 0.4) is 0 Å². The van der Waals surface area contributed by atoms with Gasteiger partial charge in [0, 0.05) is 17.3 Å². The van der Waals surface area contributed by atoms with Crippen LogP contribution in [-0.2, 0) is 0 Å². The minimum Gasteiger partial charge on any atom is -0.496 e. The largest absolute Gasteiger partial charge is 0.496 e. The van der Waals surface area contributed by atoms with Crippen molar-refractivity contribution in [3.8, 4) is 16.9 Å². The van der Waals surface area contributed by atoms with Crippen LogP contribution < -0.4 is 10.5 Å². The molecule has 0 saturated heterocycles. The molecule has 1 aromatic heterocycles. The maximum atomic E-state index is 5.86. The van der Waals surface area contributed by atoms with E-state index in [0.29, 0.717) is 5.69 Å². The molecule has 0 aliphatic heterocycles. The first-order valence-electron chi connectivity index (χ1n) is 4.66. The first-order valence-corrected chi connectivity index (χ1v) is 4.66. The standard InChI is InChI=1S/C12H12N2O/c1-15-12-5-3-2-4-10(12)9-6-7-14-8-11(9)13/h2-8H,13H2,1H3. The minimum absolute atomic E-state index is 0.655. The molecule has 0 atom stereocenters. The molecule has 0 bridgehead atoms. The zero-order chi connectivity index (χ0) is 10.7. The summed E-state index contributed by atoms with van der Waals surface area (Å²) >= 11 is 0. The van der Waals surface area contributed by atoms with Gasteiger partial charge in [0.05, 0.1) is 19.0 Å². The average Bonchev–Trinajstić information content (AvgIpc) is 2.30. The number of rotatable bonds is 2. The Morgan fingerprint density at radius 2 is 1.93 bits per heavy atom. The van der Waals surface area contributed by atoms with Gasteiger partial charge in [0.25, 0.3) is 0 Å². The van der Waals surface area contributed by atoms with Gasteiger partial charge in [0.15, 0.2) is 0 Å². The molecule has 1 heterocycles. The highest BCUT2D eigenvalue weighted by atomic mass is 16.5. The number of pyridine rings is 1. The van der Waals surface area contributed by atoms with Gasteiger partial charge in [0.1, 0.15) is 5.75 Å². The number of para-hydroxylation sites is 1. The second-order valence-electron chi connectivity index (χ2n) is 3.16. The Hall–Kier alpha value is -2.03. The van der Waals surface area contributed by atoms with E-state index in [2.05, 4.69) is 4.98 Å². The van der Waals surface area contributed by atoms with Crippen LogP contribution in [-0.4, -0.2) is 12.1 Å². The predicted octanol–water partition coefficient (Wildman–Crippen LogP) is 2.34. The lowest BCUT2D eigenvalue weighted by Gasteiger charge is -2.09. The summed E-state index contributed by atoms with van der Waals surface area (Å²) in [5.41, 5.74) is 8.45. The van der Waals surface area contributed by atoms with Crippen LogP contribution in [0.5, 0.6) is 5.75 Å². The maximum Gasteiger partial charge on any atom is 0.126 e. The lowest BCUT2D eigenvalue weighted by Crippen LogP contribution is -1.93. The Balaban J connectivity index is 2.59. The molecule has 3 heteroatoms. The lowest BCUT2D eigenvalue weighted by atomic mass is 10.0. The van der Waals surface area contributed by atoms with Crippen molar-refractivity contribution in [2.45, 2.75) is 0 Å². The number of nitrogens with two attached hydrogens (primary N) is 1. The summed E-state index contributed by atoms with van der Waals surface area (Å²) in [5.74, 6) is 0.815. The van der Waals surface area contributed by atoms with Crippen LogP contribution in [0.15, 0.2) is 42.7 Å². The fourth-order valence-electron chi connectivity index (χ4n) is 1.52. The third-order valence-corrected chi connectivity index (χ3v) is 2.25. The molecule has 0 fully saturated rings. The van der Waals surface area contributed by atoms with E-state index in [9.17, 15) is 0 Å². The van der Waals surface area contributed by atoms with E-state index >= 15 is 0 Å². The van der Waals surface area contributed by atoms with Crippen molar-refractivity contribution in [3.05, 3.63) is 42.7 Å². The predicted molar refractivity (Wildman–Crippen MR) is 60.6 cm³/mol. The van der Waals surface area contributed by atoms with Gasteiger partial charge in [0.2, 0.25) is 0 Å². The molecule has 0 aliphatic carbocycles. The van der Waals surface area contributed by atoms with E-state index in [1.807, 2.05) is 30.3 Å². The summed E-state index contributed by atoms with van der Waals surface area (Å²) in [6.07, 6.45) is 3.36. The normalized spacial score (nSPS) is 9.93. The molecule has 15 heavy (non-hydrogen) atoms. The molecule has 2 aromatic rings. The molecule has 2 N–H and O–H groups in total. The van der Waals surface area contributed by atoms with Crippen LogP contribution in [0.2, 0.25) is 0 Å². The third-order valence-electron chi connectivity index (χ3n) is 2.25. The molecule has 2 rings (SSSR count). The number of anilines is 1. The quantitative estimate of drug-likeness (QED) is 0.809. The fraction of sp³-hybridized carbons (Fsp3) is 0.0833. The average molecular weight is 200 g/mol. The molecule has 0 spiro atoms.